The van der Waals surface area contributed by atoms with Crippen LogP contribution in [0.5, 0.6) is 0 Å². The molecule has 2 fully saturated rings. The highest BCUT2D eigenvalue weighted by atomic mass is 19.4. The smallest absolute Gasteiger partial charge is 0.342 e. The number of alkyl halides is 3. The van der Waals surface area contributed by atoms with Gasteiger partial charge < -0.3 is 10.2 Å². The minimum atomic E-state index is -4.37. The molecule has 0 spiro atoms. The van der Waals surface area contributed by atoms with Crippen molar-refractivity contribution in [3.8, 4) is 0 Å². The lowest BCUT2D eigenvalue weighted by Crippen LogP contribution is -2.34. The number of halogens is 3. The first kappa shape index (κ1) is 16.3. The summed E-state index contributed by atoms with van der Waals surface area (Å²) in [5, 5.41) is 3.39. The average molecular weight is 326 g/mol. The van der Waals surface area contributed by atoms with Crippen molar-refractivity contribution in [3.05, 3.63) is 35.4 Å². The number of hydrogen-bond acceptors (Lipinski definition) is 2. The molecule has 23 heavy (non-hydrogen) atoms. The highest BCUT2D eigenvalue weighted by Crippen LogP contribution is 2.30. The van der Waals surface area contributed by atoms with Crippen molar-refractivity contribution in [1.82, 2.24) is 10.2 Å². The molecule has 0 saturated carbocycles. The summed E-state index contributed by atoms with van der Waals surface area (Å²) in [6, 6.07) is 5.07. The molecule has 0 aromatic heterocycles. The van der Waals surface area contributed by atoms with Crippen molar-refractivity contribution < 1.29 is 18.0 Å². The van der Waals surface area contributed by atoms with Crippen molar-refractivity contribution >= 4 is 5.91 Å². The van der Waals surface area contributed by atoms with Gasteiger partial charge in [0.25, 0.3) is 0 Å². The first-order chi connectivity index (χ1) is 10.9. The van der Waals surface area contributed by atoms with E-state index in [4.69, 9.17) is 0 Å². The molecular weight excluding hydrogens is 305 g/mol. The standard InChI is InChI=1S/C17H21F3N2O/c18-17(19,20)15-3-1-2-12(8-15)9-16(23)22-6-4-13-10-21-11-14(13)5-7-22/h1-3,8,13-14,21H,4-7,9-11H2/t13-,14+. The number of carbonyl (C=O) groups excluding carboxylic acids is 1. The van der Waals surface area contributed by atoms with Crippen molar-refractivity contribution in [2.24, 2.45) is 11.8 Å². The lowest BCUT2D eigenvalue weighted by atomic mass is 9.92. The van der Waals surface area contributed by atoms with Gasteiger partial charge in [-0.2, -0.15) is 13.2 Å². The molecule has 1 N–H and O–H groups in total. The third-order valence-corrected chi connectivity index (χ3v) is 4.98. The lowest BCUT2D eigenvalue weighted by molar-refractivity contribution is -0.138. The first-order valence-electron chi connectivity index (χ1n) is 8.08. The second-order valence-electron chi connectivity index (χ2n) is 6.51. The van der Waals surface area contributed by atoms with Crippen LogP contribution in [0.25, 0.3) is 0 Å². The van der Waals surface area contributed by atoms with E-state index < -0.39 is 11.7 Å². The summed E-state index contributed by atoms with van der Waals surface area (Å²) >= 11 is 0. The summed E-state index contributed by atoms with van der Waals surface area (Å²) < 4.78 is 38.2. The molecule has 2 aliphatic heterocycles. The Labute approximate surface area is 133 Å². The van der Waals surface area contributed by atoms with Gasteiger partial charge >= 0.3 is 6.18 Å². The summed E-state index contributed by atoms with van der Waals surface area (Å²) in [5.74, 6) is 1.18. The molecule has 0 aliphatic carbocycles. The molecule has 1 aromatic carbocycles. The largest absolute Gasteiger partial charge is 0.416 e. The van der Waals surface area contributed by atoms with Gasteiger partial charge in [0.1, 0.15) is 0 Å². The van der Waals surface area contributed by atoms with E-state index in [1.807, 2.05) is 4.90 Å². The Kier molecular flexibility index (Phi) is 4.62. The summed E-state index contributed by atoms with van der Waals surface area (Å²) in [6.07, 6.45) is -2.37. The van der Waals surface area contributed by atoms with Crippen LogP contribution in [0, 0.1) is 11.8 Å². The summed E-state index contributed by atoms with van der Waals surface area (Å²) in [7, 11) is 0. The Morgan fingerprint density at radius 1 is 1.17 bits per heavy atom. The molecule has 2 aliphatic rings. The second kappa shape index (κ2) is 6.51. The Balaban J connectivity index is 1.63. The molecule has 2 saturated heterocycles. The molecule has 3 rings (SSSR count). The van der Waals surface area contributed by atoms with Gasteiger partial charge in [-0.15, -0.1) is 0 Å². The predicted octanol–water partition coefficient (Wildman–Crippen LogP) is 2.71. The molecular formula is C17H21F3N2O. The zero-order valence-electron chi connectivity index (χ0n) is 12.9. The highest BCUT2D eigenvalue weighted by Gasteiger charge is 2.32. The van der Waals surface area contributed by atoms with E-state index >= 15 is 0 Å². The van der Waals surface area contributed by atoms with Gasteiger partial charge in [0.2, 0.25) is 5.91 Å². The number of rotatable bonds is 2. The number of fused-ring (bicyclic) bond motifs is 1. The van der Waals surface area contributed by atoms with Crippen molar-refractivity contribution in [3.63, 3.8) is 0 Å². The predicted molar refractivity (Wildman–Crippen MR) is 80.8 cm³/mol. The van der Waals surface area contributed by atoms with Gasteiger partial charge in [-0.3, -0.25) is 4.79 Å². The fraction of sp³-hybridized carbons (Fsp3) is 0.588. The van der Waals surface area contributed by atoms with Crippen LogP contribution in [0.2, 0.25) is 0 Å². The maximum Gasteiger partial charge on any atom is 0.416 e. The van der Waals surface area contributed by atoms with E-state index in [2.05, 4.69) is 5.32 Å². The van der Waals surface area contributed by atoms with Crippen LogP contribution in [-0.4, -0.2) is 37.0 Å². The first-order valence-corrected chi connectivity index (χ1v) is 8.08. The van der Waals surface area contributed by atoms with Crippen molar-refractivity contribution in [1.29, 1.82) is 0 Å². The van der Waals surface area contributed by atoms with Gasteiger partial charge in [-0.25, -0.2) is 0 Å². The Morgan fingerprint density at radius 3 is 2.43 bits per heavy atom. The molecule has 126 valence electrons. The molecule has 1 amide bonds. The number of hydrogen-bond donors (Lipinski definition) is 1. The molecule has 0 unspecified atom stereocenters. The molecule has 6 heteroatoms. The molecule has 3 nitrogen and oxygen atoms in total. The van der Waals surface area contributed by atoms with Crippen LogP contribution in [0.1, 0.15) is 24.0 Å². The number of nitrogens with one attached hydrogen (secondary N) is 1. The molecule has 2 atom stereocenters. The third-order valence-electron chi connectivity index (χ3n) is 4.98. The molecule has 2 heterocycles. The number of likely N-dealkylation sites (tertiary alicyclic amines) is 1. The van der Waals surface area contributed by atoms with Gasteiger partial charge in [0.05, 0.1) is 12.0 Å². The number of carbonyl (C=O) groups is 1. The van der Waals surface area contributed by atoms with Crippen LogP contribution in [0.4, 0.5) is 13.2 Å². The third kappa shape index (κ3) is 3.86. The molecule has 0 bridgehead atoms. The molecule has 1 aromatic rings. The fourth-order valence-corrected chi connectivity index (χ4v) is 3.61. The quantitative estimate of drug-likeness (QED) is 0.906. The van der Waals surface area contributed by atoms with Gasteiger partial charge in [-0.1, -0.05) is 18.2 Å². The van der Waals surface area contributed by atoms with Crippen LogP contribution in [-0.2, 0) is 17.4 Å². The number of nitrogens with zero attached hydrogens (tertiary/aromatic N) is 1. The number of amides is 1. The number of benzene rings is 1. The van der Waals surface area contributed by atoms with E-state index in [9.17, 15) is 18.0 Å². The lowest BCUT2D eigenvalue weighted by Gasteiger charge is -2.21. The van der Waals surface area contributed by atoms with Crippen molar-refractivity contribution in [2.75, 3.05) is 26.2 Å². The van der Waals surface area contributed by atoms with Crippen LogP contribution >= 0.6 is 0 Å². The minimum absolute atomic E-state index is 0.0392. The van der Waals surface area contributed by atoms with Gasteiger partial charge in [0.15, 0.2) is 0 Å². The zero-order valence-corrected chi connectivity index (χ0v) is 12.9. The Morgan fingerprint density at radius 2 is 1.83 bits per heavy atom. The normalized spacial score (nSPS) is 25.1. The van der Waals surface area contributed by atoms with Crippen LogP contribution < -0.4 is 5.32 Å². The second-order valence-corrected chi connectivity index (χ2v) is 6.51. The van der Waals surface area contributed by atoms with Crippen molar-refractivity contribution in [2.45, 2.75) is 25.4 Å². The van der Waals surface area contributed by atoms with Gasteiger partial charge in [-0.05, 0) is 49.4 Å². The van der Waals surface area contributed by atoms with Gasteiger partial charge in [0, 0.05) is 13.1 Å². The topological polar surface area (TPSA) is 32.3 Å². The van der Waals surface area contributed by atoms with E-state index in [1.54, 1.807) is 6.07 Å². The van der Waals surface area contributed by atoms with E-state index in [-0.39, 0.29) is 12.3 Å². The van der Waals surface area contributed by atoms with E-state index in [1.165, 1.54) is 6.07 Å². The van der Waals surface area contributed by atoms with Crippen LogP contribution in [0.15, 0.2) is 24.3 Å². The molecule has 0 radical (unpaired) electrons. The Hall–Kier alpha value is -1.56. The monoisotopic (exact) mass is 326 g/mol. The fourth-order valence-electron chi connectivity index (χ4n) is 3.61. The minimum Gasteiger partial charge on any atom is -0.342 e. The maximum absolute atomic E-state index is 12.7. The van der Waals surface area contributed by atoms with E-state index in [0.29, 0.717) is 30.5 Å². The van der Waals surface area contributed by atoms with E-state index in [0.717, 1.165) is 38.1 Å². The summed E-state index contributed by atoms with van der Waals surface area (Å²) in [6.45, 7) is 3.45. The SMILES string of the molecule is O=C(Cc1cccc(C(F)(F)F)c1)N1CC[C@@H]2CNC[C@@H]2CC1. The Bertz CT molecular complexity index is 559. The average Bonchev–Trinajstić information content (AvgIpc) is 2.85. The highest BCUT2D eigenvalue weighted by molar-refractivity contribution is 5.78. The van der Waals surface area contributed by atoms with Crippen LogP contribution in [0.3, 0.4) is 0 Å². The zero-order chi connectivity index (χ0) is 16.4. The summed E-state index contributed by atoms with van der Waals surface area (Å²) in [5.41, 5.74) is -0.268. The maximum atomic E-state index is 12.7. The summed E-state index contributed by atoms with van der Waals surface area (Å²) in [4.78, 5) is 14.2.